The zero-order valence-electron chi connectivity index (χ0n) is 10.8. The molecule has 0 bridgehead atoms. The Kier molecular flexibility index (Phi) is 4.12. The van der Waals surface area contributed by atoms with Crippen LogP contribution in [0.25, 0.3) is 0 Å². The van der Waals surface area contributed by atoms with E-state index in [9.17, 15) is 0 Å². The van der Waals surface area contributed by atoms with Crippen LogP contribution in [0.3, 0.4) is 0 Å². The lowest BCUT2D eigenvalue weighted by atomic mass is 10.2. The predicted molar refractivity (Wildman–Crippen MR) is 72.1 cm³/mol. The first-order chi connectivity index (χ1) is 9.24. The molecule has 0 fully saturated rings. The molecule has 0 radical (unpaired) electrons. The van der Waals surface area contributed by atoms with Crippen molar-refractivity contribution in [2.45, 2.75) is 26.3 Å². The molecular weight excluding hydrogens is 242 g/mol. The van der Waals surface area contributed by atoms with Crippen LogP contribution in [0.5, 0.6) is 0 Å². The van der Waals surface area contributed by atoms with E-state index >= 15 is 0 Å². The molecule has 0 aliphatic heterocycles. The average Bonchev–Trinajstić information content (AvgIpc) is 2.86. The molecule has 19 heavy (non-hydrogen) atoms. The Balaban J connectivity index is 2.21. The molecule has 0 spiro atoms. The molecule has 3 N–H and O–H groups in total. The maximum atomic E-state index is 8.66. The minimum atomic E-state index is 0.0151. The molecule has 6 heteroatoms. The number of oxime groups is 1. The van der Waals surface area contributed by atoms with Crippen LogP contribution < -0.4 is 5.73 Å². The lowest BCUT2D eigenvalue weighted by Gasteiger charge is -2.08. The number of aryl methyl sites for hydroxylation is 1. The molecule has 0 saturated heterocycles. The molecule has 0 amide bonds. The number of imidazole rings is 1. The van der Waals surface area contributed by atoms with E-state index in [0.29, 0.717) is 12.2 Å². The summed E-state index contributed by atoms with van der Waals surface area (Å²) < 4.78 is 2.09. The largest absolute Gasteiger partial charge is 0.409 e. The smallest absolute Gasteiger partial charge is 0.188 e. The molecule has 2 aromatic heterocycles. The molecule has 100 valence electrons. The molecule has 0 aliphatic carbocycles. The molecule has 2 heterocycles. The molecular formula is C13H17N5O. The van der Waals surface area contributed by atoms with Gasteiger partial charge in [0.25, 0.3) is 0 Å². The van der Waals surface area contributed by atoms with Gasteiger partial charge >= 0.3 is 0 Å². The summed E-state index contributed by atoms with van der Waals surface area (Å²) in [6.07, 6.45) is 7.41. The highest BCUT2D eigenvalue weighted by molar-refractivity contribution is 5.95. The number of pyridine rings is 1. The van der Waals surface area contributed by atoms with Gasteiger partial charge in [-0.05, 0) is 24.1 Å². The van der Waals surface area contributed by atoms with Gasteiger partial charge in [0, 0.05) is 31.6 Å². The predicted octanol–water partition coefficient (Wildman–Crippen LogP) is 1.37. The van der Waals surface area contributed by atoms with Crippen molar-refractivity contribution in [2.24, 2.45) is 10.9 Å². The second-order valence-corrected chi connectivity index (χ2v) is 4.26. The minimum absolute atomic E-state index is 0.0151. The fourth-order valence-corrected chi connectivity index (χ4v) is 1.90. The Labute approximate surface area is 111 Å². The van der Waals surface area contributed by atoms with Gasteiger partial charge in [0.2, 0.25) is 0 Å². The summed E-state index contributed by atoms with van der Waals surface area (Å²) in [6, 6.07) is 3.72. The molecule has 0 aromatic carbocycles. The third-order valence-electron chi connectivity index (χ3n) is 2.82. The van der Waals surface area contributed by atoms with Crippen molar-refractivity contribution in [3.63, 3.8) is 0 Å². The van der Waals surface area contributed by atoms with Crippen LogP contribution in [-0.4, -0.2) is 25.6 Å². The van der Waals surface area contributed by atoms with Crippen LogP contribution in [0, 0.1) is 0 Å². The second kappa shape index (κ2) is 5.99. The average molecular weight is 259 g/mol. The fraction of sp³-hybridized carbons (Fsp3) is 0.308. The quantitative estimate of drug-likeness (QED) is 0.367. The number of rotatable bonds is 5. The first kappa shape index (κ1) is 13.1. The van der Waals surface area contributed by atoms with Gasteiger partial charge in [-0.2, -0.15) is 0 Å². The molecule has 0 atom stereocenters. The van der Waals surface area contributed by atoms with Crippen LogP contribution >= 0.6 is 0 Å². The van der Waals surface area contributed by atoms with Crippen LogP contribution in [-0.2, 0) is 13.0 Å². The molecule has 0 aliphatic rings. The summed E-state index contributed by atoms with van der Waals surface area (Å²) in [6.45, 7) is 2.82. The van der Waals surface area contributed by atoms with Crippen LogP contribution in [0.4, 0.5) is 0 Å². The number of hydrogen-bond acceptors (Lipinski definition) is 4. The van der Waals surface area contributed by atoms with Gasteiger partial charge in [0.05, 0.1) is 0 Å². The monoisotopic (exact) mass is 259 g/mol. The van der Waals surface area contributed by atoms with Crippen molar-refractivity contribution in [3.05, 3.63) is 47.8 Å². The van der Waals surface area contributed by atoms with E-state index in [4.69, 9.17) is 10.9 Å². The summed E-state index contributed by atoms with van der Waals surface area (Å²) in [5.41, 5.74) is 7.04. The van der Waals surface area contributed by atoms with Crippen LogP contribution in [0.2, 0.25) is 0 Å². The maximum absolute atomic E-state index is 8.66. The number of nitrogens with zero attached hydrogens (tertiary/aromatic N) is 4. The topological polar surface area (TPSA) is 89.3 Å². The van der Waals surface area contributed by atoms with Crippen LogP contribution in [0.15, 0.2) is 35.9 Å². The third kappa shape index (κ3) is 3.09. The van der Waals surface area contributed by atoms with E-state index in [1.54, 1.807) is 12.4 Å². The van der Waals surface area contributed by atoms with Gasteiger partial charge in [0.1, 0.15) is 11.5 Å². The molecule has 0 unspecified atom stereocenters. The van der Waals surface area contributed by atoms with Gasteiger partial charge in [-0.15, -0.1) is 0 Å². The molecule has 2 aromatic rings. The number of hydrogen-bond donors (Lipinski definition) is 2. The SMILES string of the molecule is CCCc1nccn1Cc1ccnc(C(N)=NO)c1. The van der Waals surface area contributed by atoms with Crippen molar-refractivity contribution in [3.8, 4) is 0 Å². The first-order valence-corrected chi connectivity index (χ1v) is 6.17. The van der Waals surface area contributed by atoms with Gasteiger partial charge in [0.15, 0.2) is 5.84 Å². The number of aromatic nitrogens is 3. The summed E-state index contributed by atoms with van der Waals surface area (Å²) in [4.78, 5) is 8.39. The Morgan fingerprint density at radius 3 is 3.00 bits per heavy atom. The van der Waals surface area contributed by atoms with Crippen molar-refractivity contribution in [1.82, 2.24) is 14.5 Å². The molecule has 0 saturated carbocycles. The van der Waals surface area contributed by atoms with E-state index in [2.05, 4.69) is 26.6 Å². The Morgan fingerprint density at radius 1 is 1.42 bits per heavy atom. The zero-order chi connectivity index (χ0) is 13.7. The van der Waals surface area contributed by atoms with Gasteiger partial charge in [-0.1, -0.05) is 12.1 Å². The van der Waals surface area contributed by atoms with Gasteiger partial charge in [-0.25, -0.2) is 4.98 Å². The lowest BCUT2D eigenvalue weighted by Crippen LogP contribution is -2.15. The van der Waals surface area contributed by atoms with E-state index in [1.807, 2.05) is 18.3 Å². The highest BCUT2D eigenvalue weighted by Crippen LogP contribution is 2.08. The standard InChI is InChI=1S/C13H17N5O/c1-2-3-12-16-6-7-18(12)9-10-4-5-15-11(8-10)13(14)17-19/h4-8,19H,2-3,9H2,1H3,(H2,14,17). The first-order valence-electron chi connectivity index (χ1n) is 6.17. The Bertz CT molecular complexity index is 576. The van der Waals surface area contributed by atoms with Crippen molar-refractivity contribution in [1.29, 1.82) is 0 Å². The minimum Gasteiger partial charge on any atom is -0.409 e. The summed E-state index contributed by atoms with van der Waals surface area (Å²) >= 11 is 0. The van der Waals surface area contributed by atoms with E-state index in [1.165, 1.54) is 0 Å². The third-order valence-corrected chi connectivity index (χ3v) is 2.82. The van der Waals surface area contributed by atoms with Crippen molar-refractivity contribution < 1.29 is 5.21 Å². The number of nitrogens with two attached hydrogens (primary N) is 1. The van der Waals surface area contributed by atoms with Crippen molar-refractivity contribution in [2.75, 3.05) is 0 Å². The summed E-state index contributed by atoms with van der Waals surface area (Å²) in [5, 5.41) is 11.6. The maximum Gasteiger partial charge on any atom is 0.188 e. The second-order valence-electron chi connectivity index (χ2n) is 4.26. The normalized spacial score (nSPS) is 11.7. The van der Waals surface area contributed by atoms with Crippen molar-refractivity contribution >= 4 is 5.84 Å². The number of amidine groups is 1. The van der Waals surface area contributed by atoms with Gasteiger partial charge in [-0.3, -0.25) is 4.98 Å². The highest BCUT2D eigenvalue weighted by Gasteiger charge is 2.05. The fourth-order valence-electron chi connectivity index (χ4n) is 1.90. The van der Waals surface area contributed by atoms with E-state index in [-0.39, 0.29) is 5.84 Å². The zero-order valence-corrected chi connectivity index (χ0v) is 10.8. The Morgan fingerprint density at radius 2 is 2.26 bits per heavy atom. The summed E-state index contributed by atoms with van der Waals surface area (Å²) in [7, 11) is 0. The summed E-state index contributed by atoms with van der Waals surface area (Å²) in [5.74, 6) is 1.07. The van der Waals surface area contributed by atoms with Crippen LogP contribution in [0.1, 0.15) is 30.4 Å². The highest BCUT2D eigenvalue weighted by atomic mass is 16.4. The van der Waals surface area contributed by atoms with E-state index < -0.39 is 0 Å². The molecule has 2 rings (SSSR count). The Hall–Kier alpha value is -2.37. The van der Waals surface area contributed by atoms with E-state index in [0.717, 1.165) is 24.2 Å². The lowest BCUT2D eigenvalue weighted by molar-refractivity contribution is 0.318. The molecule has 6 nitrogen and oxygen atoms in total. The van der Waals surface area contributed by atoms with Gasteiger partial charge < -0.3 is 15.5 Å².